The van der Waals surface area contributed by atoms with E-state index in [2.05, 4.69) is 11.1 Å². The summed E-state index contributed by atoms with van der Waals surface area (Å²) in [6.45, 7) is 1.83. The summed E-state index contributed by atoms with van der Waals surface area (Å²) in [5.74, 6) is 0. The quantitative estimate of drug-likeness (QED) is 0.900. The topological polar surface area (TPSA) is 73.7 Å². The van der Waals surface area contributed by atoms with E-state index in [1.165, 1.54) is 6.26 Å². The SMILES string of the molecule is Cc1[nH]c(-c2ccc(S(C)(=O)=O)cc2)cc1C#N. The molecule has 0 bridgehead atoms. The van der Waals surface area contributed by atoms with Gasteiger partial charge >= 0.3 is 0 Å². The second-order valence-corrected chi connectivity index (χ2v) is 6.15. The van der Waals surface area contributed by atoms with E-state index in [4.69, 9.17) is 5.26 Å². The van der Waals surface area contributed by atoms with Gasteiger partial charge in [0.05, 0.1) is 10.5 Å². The molecule has 1 aromatic carbocycles. The monoisotopic (exact) mass is 260 g/mol. The summed E-state index contributed by atoms with van der Waals surface area (Å²) in [4.78, 5) is 3.39. The molecule has 2 rings (SSSR count). The van der Waals surface area contributed by atoms with Crippen LogP contribution in [-0.2, 0) is 9.84 Å². The summed E-state index contributed by atoms with van der Waals surface area (Å²) < 4.78 is 22.7. The summed E-state index contributed by atoms with van der Waals surface area (Å²) in [6, 6.07) is 10.4. The fourth-order valence-corrected chi connectivity index (χ4v) is 2.34. The first-order valence-corrected chi connectivity index (χ1v) is 7.21. The number of benzene rings is 1. The smallest absolute Gasteiger partial charge is 0.175 e. The molecule has 4 nitrogen and oxygen atoms in total. The van der Waals surface area contributed by atoms with Gasteiger partial charge in [-0.2, -0.15) is 5.26 Å². The Balaban J connectivity index is 2.44. The number of nitrogens with zero attached hydrogens (tertiary/aromatic N) is 1. The highest BCUT2D eigenvalue weighted by Gasteiger charge is 2.09. The third kappa shape index (κ3) is 2.29. The van der Waals surface area contributed by atoms with Gasteiger partial charge in [0.25, 0.3) is 0 Å². The average molecular weight is 260 g/mol. The molecule has 0 radical (unpaired) electrons. The molecule has 0 aliphatic rings. The Morgan fingerprint density at radius 3 is 2.28 bits per heavy atom. The third-order valence-corrected chi connectivity index (χ3v) is 3.86. The second-order valence-electron chi connectivity index (χ2n) is 4.13. The van der Waals surface area contributed by atoms with E-state index in [9.17, 15) is 8.42 Å². The zero-order valence-corrected chi connectivity index (χ0v) is 10.9. The second kappa shape index (κ2) is 4.31. The summed E-state index contributed by atoms with van der Waals surface area (Å²) in [6.07, 6.45) is 1.18. The molecule has 1 aromatic heterocycles. The van der Waals surface area contributed by atoms with Gasteiger partial charge in [0.1, 0.15) is 6.07 Å². The summed E-state index contributed by atoms with van der Waals surface area (Å²) in [5, 5.41) is 8.88. The molecular weight excluding hydrogens is 248 g/mol. The molecule has 0 amide bonds. The van der Waals surface area contributed by atoms with Gasteiger partial charge in [-0.05, 0) is 30.7 Å². The first-order valence-electron chi connectivity index (χ1n) is 5.32. The van der Waals surface area contributed by atoms with Crippen molar-refractivity contribution in [1.29, 1.82) is 5.26 Å². The molecular formula is C13H12N2O2S. The van der Waals surface area contributed by atoms with Crippen molar-refractivity contribution in [3.8, 4) is 17.3 Å². The van der Waals surface area contributed by atoms with Crippen LogP contribution in [0, 0.1) is 18.3 Å². The Kier molecular flexibility index (Phi) is 2.97. The Hall–Kier alpha value is -2.06. The number of hydrogen-bond donors (Lipinski definition) is 1. The van der Waals surface area contributed by atoms with Crippen LogP contribution in [0.5, 0.6) is 0 Å². The Labute approximate surface area is 106 Å². The number of hydrogen-bond acceptors (Lipinski definition) is 3. The lowest BCUT2D eigenvalue weighted by Gasteiger charge is -2.00. The van der Waals surface area contributed by atoms with E-state index >= 15 is 0 Å². The lowest BCUT2D eigenvalue weighted by Crippen LogP contribution is -1.96. The van der Waals surface area contributed by atoms with Gasteiger partial charge in [-0.15, -0.1) is 0 Å². The maximum atomic E-state index is 11.3. The Bertz CT molecular complexity index is 719. The standard InChI is InChI=1S/C13H12N2O2S/c1-9-11(8-14)7-13(15-9)10-3-5-12(6-4-10)18(2,16)17/h3-7,15H,1-2H3. The van der Waals surface area contributed by atoms with Gasteiger partial charge in [0.15, 0.2) is 9.84 Å². The zero-order chi connectivity index (χ0) is 13.3. The molecule has 0 unspecified atom stereocenters. The predicted octanol–water partition coefficient (Wildman–Crippen LogP) is 2.27. The highest BCUT2D eigenvalue weighted by molar-refractivity contribution is 7.90. The van der Waals surface area contributed by atoms with Crippen LogP contribution in [-0.4, -0.2) is 19.7 Å². The van der Waals surface area contributed by atoms with Crippen molar-refractivity contribution in [1.82, 2.24) is 4.98 Å². The first-order chi connectivity index (χ1) is 8.41. The third-order valence-electron chi connectivity index (χ3n) is 2.73. The molecule has 0 saturated carbocycles. The van der Waals surface area contributed by atoms with Crippen LogP contribution in [0.1, 0.15) is 11.3 Å². The van der Waals surface area contributed by atoms with Crippen molar-refractivity contribution in [2.75, 3.05) is 6.26 Å². The maximum absolute atomic E-state index is 11.3. The van der Waals surface area contributed by atoms with Crippen LogP contribution < -0.4 is 0 Å². The van der Waals surface area contributed by atoms with Crippen LogP contribution in [0.25, 0.3) is 11.3 Å². The van der Waals surface area contributed by atoms with Crippen molar-refractivity contribution in [3.05, 3.63) is 41.6 Å². The van der Waals surface area contributed by atoms with E-state index in [-0.39, 0.29) is 4.90 Å². The fraction of sp³-hybridized carbons (Fsp3) is 0.154. The Morgan fingerprint density at radius 2 is 1.83 bits per heavy atom. The van der Waals surface area contributed by atoms with Crippen LogP contribution in [0.2, 0.25) is 0 Å². The van der Waals surface area contributed by atoms with Gasteiger partial charge in [-0.3, -0.25) is 0 Å². The maximum Gasteiger partial charge on any atom is 0.175 e. The molecule has 0 aliphatic heterocycles. The van der Waals surface area contributed by atoms with Gasteiger partial charge < -0.3 is 4.98 Å². The van der Waals surface area contributed by atoms with E-state index < -0.39 is 9.84 Å². The number of nitrogens with one attached hydrogen (secondary N) is 1. The van der Waals surface area contributed by atoms with Crippen molar-refractivity contribution in [3.63, 3.8) is 0 Å². The van der Waals surface area contributed by atoms with Crippen LogP contribution in [0.3, 0.4) is 0 Å². The number of aryl methyl sites for hydroxylation is 1. The zero-order valence-electron chi connectivity index (χ0n) is 10.1. The van der Waals surface area contributed by atoms with Gasteiger partial charge in [0, 0.05) is 17.6 Å². The summed E-state index contributed by atoms with van der Waals surface area (Å²) in [5.41, 5.74) is 3.06. The van der Waals surface area contributed by atoms with E-state index in [0.29, 0.717) is 5.56 Å². The van der Waals surface area contributed by atoms with Crippen molar-refractivity contribution >= 4 is 9.84 Å². The highest BCUT2D eigenvalue weighted by atomic mass is 32.2. The molecule has 0 spiro atoms. The van der Waals surface area contributed by atoms with Crippen LogP contribution >= 0.6 is 0 Å². The van der Waals surface area contributed by atoms with Gasteiger partial charge in [0.2, 0.25) is 0 Å². The fourth-order valence-electron chi connectivity index (χ4n) is 1.71. The highest BCUT2D eigenvalue weighted by Crippen LogP contribution is 2.22. The molecule has 0 fully saturated rings. The van der Waals surface area contributed by atoms with Gasteiger partial charge in [-0.1, -0.05) is 12.1 Å². The normalized spacial score (nSPS) is 11.2. The van der Waals surface area contributed by atoms with Gasteiger partial charge in [-0.25, -0.2) is 8.42 Å². The lowest BCUT2D eigenvalue weighted by atomic mass is 10.1. The van der Waals surface area contributed by atoms with Crippen LogP contribution in [0.15, 0.2) is 35.2 Å². The largest absolute Gasteiger partial charge is 0.358 e. The van der Waals surface area contributed by atoms with Crippen molar-refractivity contribution in [2.24, 2.45) is 0 Å². The minimum atomic E-state index is -3.17. The molecule has 1 N–H and O–H groups in total. The molecule has 92 valence electrons. The number of sulfone groups is 1. The molecule has 18 heavy (non-hydrogen) atoms. The summed E-state index contributed by atoms with van der Waals surface area (Å²) in [7, 11) is -3.17. The first kappa shape index (κ1) is 12.4. The Morgan fingerprint density at radius 1 is 1.22 bits per heavy atom. The van der Waals surface area contributed by atoms with Crippen molar-refractivity contribution in [2.45, 2.75) is 11.8 Å². The molecule has 0 saturated heterocycles. The average Bonchev–Trinajstić information content (AvgIpc) is 2.69. The van der Waals surface area contributed by atoms with E-state index in [1.807, 2.05) is 6.92 Å². The summed E-state index contributed by atoms with van der Waals surface area (Å²) >= 11 is 0. The molecule has 0 atom stereocenters. The minimum Gasteiger partial charge on any atom is -0.358 e. The molecule has 5 heteroatoms. The van der Waals surface area contributed by atoms with E-state index in [1.54, 1.807) is 30.3 Å². The molecule has 2 aromatic rings. The minimum absolute atomic E-state index is 0.287. The number of aromatic nitrogens is 1. The number of H-pyrrole nitrogens is 1. The number of nitriles is 1. The lowest BCUT2D eigenvalue weighted by molar-refractivity contribution is 0.602. The molecule has 1 heterocycles. The van der Waals surface area contributed by atoms with Crippen molar-refractivity contribution < 1.29 is 8.42 Å². The number of aromatic amines is 1. The number of rotatable bonds is 2. The van der Waals surface area contributed by atoms with Crippen LogP contribution in [0.4, 0.5) is 0 Å². The van der Waals surface area contributed by atoms with E-state index in [0.717, 1.165) is 17.0 Å². The predicted molar refractivity (Wildman–Crippen MR) is 68.8 cm³/mol. The molecule has 0 aliphatic carbocycles.